The molecule has 0 aromatic heterocycles. The molecule has 3 rings (SSSR count). The number of para-hydroxylation sites is 1. The number of ether oxygens (including phenoxy) is 1. The Balaban J connectivity index is 1.58. The van der Waals surface area contributed by atoms with E-state index in [2.05, 4.69) is 30.8 Å². The van der Waals surface area contributed by atoms with Gasteiger partial charge in [0.25, 0.3) is 15.9 Å². The molecule has 1 amide bonds. The molecule has 0 saturated heterocycles. The second-order valence-electron chi connectivity index (χ2n) is 8.34. The van der Waals surface area contributed by atoms with Gasteiger partial charge >= 0.3 is 0 Å². The predicted molar refractivity (Wildman–Crippen MR) is 127 cm³/mol. The highest BCUT2D eigenvalue weighted by molar-refractivity contribution is 7.92. The number of anilines is 1. The highest BCUT2D eigenvalue weighted by Gasteiger charge is 2.18. The normalized spacial score (nSPS) is 11.6. The van der Waals surface area contributed by atoms with Gasteiger partial charge in [0, 0.05) is 0 Å². The molecular weight excluding hydrogens is 424 g/mol. The van der Waals surface area contributed by atoms with E-state index in [1.165, 1.54) is 17.7 Å². The van der Waals surface area contributed by atoms with Crippen LogP contribution >= 0.6 is 0 Å². The number of hydrogen-bond acceptors (Lipinski definition) is 4. The number of carbonyl (C=O) groups is 1. The molecule has 7 heteroatoms. The van der Waals surface area contributed by atoms with Crippen LogP contribution in [0.1, 0.15) is 36.7 Å². The summed E-state index contributed by atoms with van der Waals surface area (Å²) in [6.07, 6.45) is 0. The Morgan fingerprint density at radius 2 is 1.50 bits per heavy atom. The number of carbonyl (C=O) groups excluding carboxylic acids is 1. The van der Waals surface area contributed by atoms with Gasteiger partial charge in [0.05, 0.1) is 22.7 Å². The standard InChI is InChI=1S/C25H28N2O4S/c1-25(2,3)19-13-15-20(16-14-19)31-18-17-26-24(28)22-11-7-8-12-23(22)27-32(29,30)21-9-5-4-6-10-21/h4-16,27H,17-18H2,1-3H3,(H,26,28). The zero-order chi connectivity index (χ0) is 23.2. The second kappa shape index (κ2) is 9.87. The van der Waals surface area contributed by atoms with Crippen molar-refractivity contribution in [2.45, 2.75) is 31.1 Å². The predicted octanol–water partition coefficient (Wildman–Crippen LogP) is 4.59. The zero-order valence-electron chi connectivity index (χ0n) is 18.5. The number of amides is 1. The van der Waals surface area contributed by atoms with E-state index in [0.717, 1.165) is 5.75 Å². The first-order valence-corrected chi connectivity index (χ1v) is 11.8. The molecule has 0 spiro atoms. The van der Waals surface area contributed by atoms with Gasteiger partial charge in [-0.2, -0.15) is 0 Å². The first kappa shape index (κ1) is 23.3. The minimum Gasteiger partial charge on any atom is -0.492 e. The summed E-state index contributed by atoms with van der Waals surface area (Å²) in [4.78, 5) is 12.8. The molecule has 6 nitrogen and oxygen atoms in total. The van der Waals surface area contributed by atoms with Crippen LogP contribution in [-0.2, 0) is 15.4 Å². The largest absolute Gasteiger partial charge is 0.492 e. The molecule has 32 heavy (non-hydrogen) atoms. The van der Waals surface area contributed by atoms with Crippen LogP contribution in [0.15, 0.2) is 83.8 Å². The summed E-state index contributed by atoms with van der Waals surface area (Å²) in [5, 5.41) is 2.77. The summed E-state index contributed by atoms with van der Waals surface area (Å²) in [6, 6.07) is 22.4. The van der Waals surface area contributed by atoms with Crippen molar-refractivity contribution >= 4 is 21.6 Å². The Hall–Kier alpha value is -3.32. The minimum atomic E-state index is -3.80. The highest BCUT2D eigenvalue weighted by atomic mass is 32.2. The van der Waals surface area contributed by atoms with Gasteiger partial charge in [-0.1, -0.05) is 63.2 Å². The third kappa shape index (κ3) is 6.11. The lowest BCUT2D eigenvalue weighted by atomic mass is 9.87. The fraction of sp³-hybridized carbons (Fsp3) is 0.240. The SMILES string of the molecule is CC(C)(C)c1ccc(OCCNC(=O)c2ccccc2NS(=O)(=O)c2ccccc2)cc1. The summed E-state index contributed by atoms with van der Waals surface area (Å²) in [5.41, 5.74) is 1.74. The van der Waals surface area contributed by atoms with Crippen LogP contribution in [0.5, 0.6) is 5.75 Å². The van der Waals surface area contributed by atoms with Crippen molar-refractivity contribution in [3.8, 4) is 5.75 Å². The molecule has 0 saturated carbocycles. The number of hydrogen-bond donors (Lipinski definition) is 2. The van der Waals surface area contributed by atoms with Gasteiger partial charge < -0.3 is 10.1 Å². The van der Waals surface area contributed by atoms with Crippen molar-refractivity contribution < 1.29 is 17.9 Å². The van der Waals surface area contributed by atoms with E-state index in [-0.39, 0.29) is 34.0 Å². The van der Waals surface area contributed by atoms with E-state index < -0.39 is 10.0 Å². The fourth-order valence-corrected chi connectivity index (χ4v) is 4.15. The summed E-state index contributed by atoms with van der Waals surface area (Å²) in [7, 11) is -3.80. The van der Waals surface area contributed by atoms with Crippen LogP contribution < -0.4 is 14.8 Å². The van der Waals surface area contributed by atoms with Gasteiger partial charge in [-0.3, -0.25) is 9.52 Å². The van der Waals surface area contributed by atoms with Crippen molar-refractivity contribution in [1.29, 1.82) is 0 Å². The van der Waals surface area contributed by atoms with Gasteiger partial charge in [-0.05, 0) is 47.4 Å². The van der Waals surface area contributed by atoms with E-state index >= 15 is 0 Å². The van der Waals surface area contributed by atoms with E-state index in [9.17, 15) is 13.2 Å². The molecule has 168 valence electrons. The third-order valence-corrected chi connectivity index (χ3v) is 6.23. The van der Waals surface area contributed by atoms with Gasteiger partial charge in [0.2, 0.25) is 0 Å². The Morgan fingerprint density at radius 3 is 2.16 bits per heavy atom. The fourth-order valence-electron chi connectivity index (χ4n) is 3.05. The van der Waals surface area contributed by atoms with Crippen LogP contribution in [0, 0.1) is 0 Å². The van der Waals surface area contributed by atoms with Crippen molar-refractivity contribution in [2.24, 2.45) is 0 Å². The maximum atomic E-state index is 12.7. The molecule has 0 atom stereocenters. The Kier molecular flexibility index (Phi) is 7.20. The highest BCUT2D eigenvalue weighted by Crippen LogP contribution is 2.24. The Labute approximate surface area is 189 Å². The Morgan fingerprint density at radius 1 is 0.875 bits per heavy atom. The van der Waals surface area contributed by atoms with Crippen molar-refractivity contribution in [3.63, 3.8) is 0 Å². The van der Waals surface area contributed by atoms with Gasteiger partial charge in [-0.25, -0.2) is 8.42 Å². The van der Waals surface area contributed by atoms with Crippen molar-refractivity contribution in [2.75, 3.05) is 17.9 Å². The molecule has 3 aromatic carbocycles. The number of rotatable bonds is 8. The lowest BCUT2D eigenvalue weighted by Crippen LogP contribution is -2.29. The summed E-state index contributed by atoms with van der Waals surface area (Å²) >= 11 is 0. The van der Waals surface area contributed by atoms with Crippen LogP contribution in [-0.4, -0.2) is 27.5 Å². The summed E-state index contributed by atoms with van der Waals surface area (Å²) in [5.74, 6) is 0.339. The summed E-state index contributed by atoms with van der Waals surface area (Å²) in [6.45, 7) is 7.01. The molecule has 0 unspecified atom stereocenters. The molecule has 2 N–H and O–H groups in total. The average molecular weight is 453 g/mol. The van der Waals surface area contributed by atoms with Crippen LogP contribution in [0.25, 0.3) is 0 Å². The summed E-state index contributed by atoms with van der Waals surface area (Å²) < 4.78 is 33.4. The van der Waals surface area contributed by atoms with Gasteiger partial charge in [0.1, 0.15) is 12.4 Å². The molecular formula is C25H28N2O4S. The second-order valence-corrected chi connectivity index (χ2v) is 10.0. The van der Waals surface area contributed by atoms with E-state index in [1.54, 1.807) is 42.5 Å². The molecule has 0 fully saturated rings. The molecule has 0 bridgehead atoms. The molecule has 0 aliphatic rings. The molecule has 0 aliphatic carbocycles. The van der Waals surface area contributed by atoms with Crippen LogP contribution in [0.2, 0.25) is 0 Å². The minimum absolute atomic E-state index is 0.0714. The van der Waals surface area contributed by atoms with Crippen LogP contribution in [0.3, 0.4) is 0 Å². The Bertz CT molecular complexity index is 1150. The van der Waals surface area contributed by atoms with Gasteiger partial charge in [-0.15, -0.1) is 0 Å². The topological polar surface area (TPSA) is 84.5 Å². The number of sulfonamides is 1. The monoisotopic (exact) mass is 452 g/mol. The third-order valence-electron chi connectivity index (χ3n) is 4.85. The molecule has 3 aromatic rings. The van der Waals surface area contributed by atoms with E-state index in [1.807, 2.05) is 24.3 Å². The van der Waals surface area contributed by atoms with E-state index in [4.69, 9.17) is 4.74 Å². The smallest absolute Gasteiger partial charge is 0.261 e. The lowest BCUT2D eigenvalue weighted by Gasteiger charge is -2.19. The van der Waals surface area contributed by atoms with E-state index in [0.29, 0.717) is 6.61 Å². The lowest BCUT2D eigenvalue weighted by molar-refractivity contribution is 0.0948. The van der Waals surface area contributed by atoms with Crippen molar-refractivity contribution in [1.82, 2.24) is 5.32 Å². The number of benzene rings is 3. The van der Waals surface area contributed by atoms with Gasteiger partial charge in [0.15, 0.2) is 0 Å². The first-order chi connectivity index (χ1) is 15.2. The molecule has 0 heterocycles. The first-order valence-electron chi connectivity index (χ1n) is 10.4. The average Bonchev–Trinajstić information content (AvgIpc) is 2.77. The van der Waals surface area contributed by atoms with Crippen LogP contribution in [0.4, 0.5) is 5.69 Å². The maximum absolute atomic E-state index is 12.7. The zero-order valence-corrected chi connectivity index (χ0v) is 19.3. The molecule has 0 radical (unpaired) electrons. The van der Waals surface area contributed by atoms with Crippen molar-refractivity contribution in [3.05, 3.63) is 90.0 Å². The maximum Gasteiger partial charge on any atom is 0.261 e. The number of nitrogens with one attached hydrogen (secondary N) is 2. The quantitative estimate of drug-likeness (QED) is 0.490. The molecule has 0 aliphatic heterocycles.